The summed E-state index contributed by atoms with van der Waals surface area (Å²) in [5.41, 5.74) is 0.320. The largest absolute Gasteiger partial charge is 0.478 e. The topological polar surface area (TPSA) is 63.6 Å². The molecule has 0 amide bonds. The molecule has 2 unspecified atom stereocenters. The maximum atomic E-state index is 10.7. The summed E-state index contributed by atoms with van der Waals surface area (Å²) < 4.78 is 5.00. The average molecular weight is 304 g/mol. The SMILES string of the molecule is C=C(C(=O)O)C1C=CCCC1.C=CC(=O)OC1C=CCCC1. The van der Waals surface area contributed by atoms with E-state index in [2.05, 4.69) is 13.2 Å². The average Bonchev–Trinajstić information content (AvgIpc) is 2.56. The molecule has 22 heavy (non-hydrogen) atoms. The van der Waals surface area contributed by atoms with E-state index in [9.17, 15) is 9.59 Å². The van der Waals surface area contributed by atoms with Crippen molar-refractivity contribution in [2.45, 2.75) is 44.6 Å². The van der Waals surface area contributed by atoms with Crippen LogP contribution in [-0.2, 0) is 14.3 Å². The molecule has 4 heteroatoms. The normalized spacial score (nSPS) is 22.9. The summed E-state index contributed by atoms with van der Waals surface area (Å²) in [6, 6.07) is 0. The third-order valence-corrected chi connectivity index (χ3v) is 3.62. The number of aliphatic carboxylic acids is 1. The van der Waals surface area contributed by atoms with Crippen molar-refractivity contribution in [1.82, 2.24) is 0 Å². The molecule has 0 saturated heterocycles. The van der Waals surface area contributed by atoms with E-state index in [1.165, 1.54) is 6.08 Å². The number of carbonyl (C=O) groups is 2. The molecule has 0 radical (unpaired) electrons. The molecule has 0 aromatic heterocycles. The third kappa shape index (κ3) is 6.57. The van der Waals surface area contributed by atoms with E-state index in [4.69, 9.17) is 9.84 Å². The van der Waals surface area contributed by atoms with E-state index in [1.54, 1.807) is 0 Å². The number of ether oxygens (including phenoxy) is 1. The summed E-state index contributed by atoms with van der Waals surface area (Å²) in [6.07, 6.45) is 15.4. The van der Waals surface area contributed by atoms with Gasteiger partial charge in [-0.05, 0) is 44.6 Å². The number of allylic oxidation sites excluding steroid dienone is 3. The smallest absolute Gasteiger partial charge is 0.331 e. The van der Waals surface area contributed by atoms with Gasteiger partial charge < -0.3 is 9.84 Å². The van der Waals surface area contributed by atoms with Crippen LogP contribution in [0.15, 0.2) is 49.1 Å². The molecule has 0 aromatic carbocycles. The van der Waals surface area contributed by atoms with E-state index in [-0.39, 0.29) is 18.0 Å². The minimum Gasteiger partial charge on any atom is -0.478 e. The summed E-state index contributed by atoms with van der Waals surface area (Å²) in [7, 11) is 0. The number of hydrogen-bond acceptors (Lipinski definition) is 3. The van der Waals surface area contributed by atoms with Gasteiger partial charge in [0.15, 0.2) is 0 Å². The van der Waals surface area contributed by atoms with E-state index in [0.717, 1.165) is 38.5 Å². The molecule has 0 fully saturated rings. The Bertz CT molecular complexity index is 471. The van der Waals surface area contributed by atoms with Crippen LogP contribution in [0.1, 0.15) is 38.5 Å². The van der Waals surface area contributed by atoms with E-state index >= 15 is 0 Å². The number of rotatable bonds is 4. The Balaban J connectivity index is 0.000000220. The highest BCUT2D eigenvalue weighted by molar-refractivity contribution is 5.86. The molecule has 0 spiro atoms. The van der Waals surface area contributed by atoms with Gasteiger partial charge >= 0.3 is 11.9 Å². The number of carboxylic acids is 1. The second-order valence-electron chi connectivity index (χ2n) is 5.33. The quantitative estimate of drug-likeness (QED) is 0.487. The minimum absolute atomic E-state index is 0.0192. The number of carbonyl (C=O) groups excluding carboxylic acids is 1. The van der Waals surface area contributed by atoms with Crippen LogP contribution in [-0.4, -0.2) is 23.1 Å². The molecule has 2 aliphatic carbocycles. The zero-order valence-electron chi connectivity index (χ0n) is 12.9. The highest BCUT2D eigenvalue weighted by Gasteiger charge is 2.16. The Morgan fingerprint density at radius 3 is 2.23 bits per heavy atom. The minimum atomic E-state index is -0.874. The lowest BCUT2D eigenvalue weighted by molar-refractivity contribution is -0.141. The first-order chi connectivity index (χ1) is 10.5. The van der Waals surface area contributed by atoms with Gasteiger partial charge in [-0.3, -0.25) is 0 Å². The molecule has 0 heterocycles. The van der Waals surface area contributed by atoms with Gasteiger partial charge in [-0.15, -0.1) is 0 Å². The summed E-state index contributed by atoms with van der Waals surface area (Å²) in [4.78, 5) is 21.2. The Morgan fingerprint density at radius 2 is 1.77 bits per heavy atom. The zero-order valence-corrected chi connectivity index (χ0v) is 12.9. The Morgan fingerprint density at radius 1 is 1.14 bits per heavy atom. The van der Waals surface area contributed by atoms with E-state index in [0.29, 0.717) is 5.57 Å². The molecule has 0 bridgehead atoms. The molecule has 1 N–H and O–H groups in total. The van der Waals surface area contributed by atoms with Crippen molar-refractivity contribution < 1.29 is 19.4 Å². The number of carboxylic acid groups (broad SMARTS) is 1. The summed E-state index contributed by atoms with van der Waals surface area (Å²) in [6.45, 7) is 6.85. The zero-order chi connectivity index (χ0) is 16.4. The molecule has 2 rings (SSSR count). The van der Waals surface area contributed by atoms with Gasteiger partial charge in [0.25, 0.3) is 0 Å². The van der Waals surface area contributed by atoms with Gasteiger partial charge in [0, 0.05) is 17.6 Å². The molecular weight excluding hydrogens is 280 g/mol. The Hall–Kier alpha value is -2.10. The Labute approximate surface area is 131 Å². The third-order valence-electron chi connectivity index (χ3n) is 3.62. The standard InChI is InChI=1S/2C9H12O2/c1-7(9(10)11)8-5-3-2-4-6-8;1-2-9(10)11-8-6-4-3-5-7-8/h3,5,8H,1-2,4,6H2,(H,10,11);2,4,6,8H,1,3,5,7H2. The second kappa shape index (κ2) is 9.77. The molecule has 0 aromatic rings. The lowest BCUT2D eigenvalue weighted by Crippen LogP contribution is -2.15. The van der Waals surface area contributed by atoms with Gasteiger partial charge in [0.05, 0.1) is 0 Å². The van der Waals surface area contributed by atoms with E-state index < -0.39 is 5.97 Å². The molecule has 120 valence electrons. The van der Waals surface area contributed by atoms with Gasteiger partial charge in [-0.2, -0.15) is 0 Å². The fraction of sp³-hybridized carbons (Fsp3) is 0.444. The van der Waals surface area contributed by atoms with Crippen LogP contribution in [0.4, 0.5) is 0 Å². The van der Waals surface area contributed by atoms with Crippen LogP contribution in [0.2, 0.25) is 0 Å². The summed E-state index contributed by atoms with van der Waals surface area (Å²) in [5, 5.41) is 8.60. The lowest BCUT2D eigenvalue weighted by Gasteiger charge is -2.15. The highest BCUT2D eigenvalue weighted by atomic mass is 16.5. The van der Waals surface area contributed by atoms with Crippen LogP contribution in [0.3, 0.4) is 0 Å². The maximum Gasteiger partial charge on any atom is 0.331 e. The van der Waals surface area contributed by atoms with Crippen molar-refractivity contribution in [3.63, 3.8) is 0 Å². The maximum absolute atomic E-state index is 10.7. The number of hydrogen-bond donors (Lipinski definition) is 1. The van der Waals surface area contributed by atoms with Crippen molar-refractivity contribution in [3.8, 4) is 0 Å². The lowest BCUT2D eigenvalue weighted by atomic mass is 9.90. The monoisotopic (exact) mass is 304 g/mol. The van der Waals surface area contributed by atoms with Crippen molar-refractivity contribution in [2.24, 2.45) is 5.92 Å². The van der Waals surface area contributed by atoms with Gasteiger partial charge in [-0.25, -0.2) is 9.59 Å². The number of esters is 1. The van der Waals surface area contributed by atoms with Crippen molar-refractivity contribution in [2.75, 3.05) is 0 Å². The predicted molar refractivity (Wildman–Crippen MR) is 86.3 cm³/mol. The first kappa shape index (κ1) is 18.0. The summed E-state index contributed by atoms with van der Waals surface area (Å²) >= 11 is 0. The van der Waals surface area contributed by atoms with Gasteiger partial charge in [-0.1, -0.05) is 31.4 Å². The van der Waals surface area contributed by atoms with Crippen LogP contribution in [0.25, 0.3) is 0 Å². The fourth-order valence-electron chi connectivity index (χ4n) is 2.34. The second-order valence-corrected chi connectivity index (χ2v) is 5.33. The predicted octanol–water partition coefficient (Wildman–Crippen LogP) is 3.81. The fourth-order valence-corrected chi connectivity index (χ4v) is 2.34. The van der Waals surface area contributed by atoms with Crippen LogP contribution in [0, 0.1) is 5.92 Å². The highest BCUT2D eigenvalue weighted by Crippen LogP contribution is 2.23. The molecule has 2 aliphatic rings. The molecule has 4 nitrogen and oxygen atoms in total. The molecule has 2 atom stereocenters. The molecular formula is C18H24O4. The Kier molecular flexibility index (Phi) is 7.97. The first-order valence-electron chi connectivity index (χ1n) is 7.63. The van der Waals surface area contributed by atoms with Gasteiger partial charge in [0.1, 0.15) is 6.10 Å². The van der Waals surface area contributed by atoms with Crippen LogP contribution in [0.5, 0.6) is 0 Å². The van der Waals surface area contributed by atoms with Crippen molar-refractivity contribution >= 4 is 11.9 Å². The molecule has 0 saturated carbocycles. The summed E-state index contributed by atoms with van der Waals surface area (Å²) in [5.74, 6) is -1.13. The first-order valence-corrected chi connectivity index (χ1v) is 7.63. The van der Waals surface area contributed by atoms with Crippen molar-refractivity contribution in [1.29, 1.82) is 0 Å². The van der Waals surface area contributed by atoms with Crippen LogP contribution >= 0.6 is 0 Å². The van der Waals surface area contributed by atoms with E-state index in [1.807, 2.05) is 24.3 Å². The molecule has 0 aliphatic heterocycles. The van der Waals surface area contributed by atoms with Gasteiger partial charge in [0.2, 0.25) is 0 Å². The van der Waals surface area contributed by atoms with Crippen LogP contribution < -0.4 is 0 Å². The van der Waals surface area contributed by atoms with Crippen molar-refractivity contribution in [3.05, 3.63) is 49.1 Å².